The zero-order valence-electron chi connectivity index (χ0n) is 9.41. The van der Waals surface area contributed by atoms with Crippen molar-refractivity contribution < 1.29 is 20.1 Å². The highest BCUT2D eigenvalue weighted by molar-refractivity contribution is 5.66. The molecule has 0 aliphatic rings. The Morgan fingerprint density at radius 3 is 2.59 bits per heavy atom. The van der Waals surface area contributed by atoms with Crippen molar-refractivity contribution in [2.45, 2.75) is 25.0 Å². The van der Waals surface area contributed by atoms with Gasteiger partial charge >= 0.3 is 5.97 Å². The summed E-state index contributed by atoms with van der Waals surface area (Å²) >= 11 is 0. The molecule has 0 spiro atoms. The third kappa shape index (κ3) is 4.14. The Bertz CT molecular complexity index is 381. The second-order valence-electron chi connectivity index (χ2n) is 3.91. The zero-order chi connectivity index (χ0) is 12.8. The van der Waals surface area contributed by atoms with Crippen LogP contribution in [0.1, 0.15) is 36.1 Å². The van der Waals surface area contributed by atoms with Crippen LogP contribution >= 0.6 is 0 Å². The lowest BCUT2D eigenvalue weighted by molar-refractivity contribution is -0.137. The first-order valence-electron chi connectivity index (χ1n) is 5.40. The van der Waals surface area contributed by atoms with Gasteiger partial charge in [0, 0.05) is 12.5 Å². The van der Waals surface area contributed by atoms with Crippen molar-refractivity contribution in [3.8, 4) is 0 Å². The second-order valence-corrected chi connectivity index (χ2v) is 3.91. The maximum Gasteiger partial charge on any atom is 0.303 e. The predicted octanol–water partition coefficient (Wildman–Crippen LogP) is 0.577. The van der Waals surface area contributed by atoms with Gasteiger partial charge in [-0.1, -0.05) is 24.3 Å². The Labute approximate surface area is 99.5 Å². The summed E-state index contributed by atoms with van der Waals surface area (Å²) in [5.74, 6) is -0.882. The number of aliphatic hydroxyl groups is 2. The van der Waals surface area contributed by atoms with Gasteiger partial charge in [-0.25, -0.2) is 0 Å². The Balaban J connectivity index is 2.73. The van der Waals surface area contributed by atoms with Gasteiger partial charge in [0.05, 0.1) is 6.61 Å². The molecule has 0 fully saturated rings. The first kappa shape index (κ1) is 13.6. The predicted molar refractivity (Wildman–Crippen MR) is 62.3 cm³/mol. The SMILES string of the molecule is NC(CCC(=O)O)c1cccc(C(O)CO)c1. The van der Waals surface area contributed by atoms with Gasteiger partial charge in [-0.05, 0) is 17.5 Å². The standard InChI is InChI=1S/C12H17NO4/c13-10(4-5-12(16)17)8-2-1-3-9(6-8)11(15)7-14/h1-3,6,10-11,14-15H,4-5,7,13H2,(H,16,17). The Kier molecular flexibility index (Phi) is 5.09. The molecule has 5 nitrogen and oxygen atoms in total. The van der Waals surface area contributed by atoms with Crippen LogP contribution in [0.25, 0.3) is 0 Å². The molecule has 1 aromatic rings. The molecule has 0 bridgehead atoms. The fourth-order valence-corrected chi connectivity index (χ4v) is 1.55. The molecule has 94 valence electrons. The molecule has 0 aliphatic carbocycles. The van der Waals surface area contributed by atoms with Crippen molar-refractivity contribution in [1.29, 1.82) is 0 Å². The molecule has 1 aromatic carbocycles. The normalized spacial score (nSPS) is 14.3. The molecule has 0 aliphatic heterocycles. The molecule has 0 saturated carbocycles. The summed E-state index contributed by atoms with van der Waals surface area (Å²) in [4.78, 5) is 10.4. The van der Waals surface area contributed by atoms with Crippen molar-refractivity contribution >= 4 is 5.97 Å². The summed E-state index contributed by atoms with van der Waals surface area (Å²) in [6, 6.07) is 6.50. The van der Waals surface area contributed by atoms with E-state index in [1.165, 1.54) is 0 Å². The molecule has 0 aromatic heterocycles. The summed E-state index contributed by atoms with van der Waals surface area (Å²) in [7, 11) is 0. The van der Waals surface area contributed by atoms with Crippen molar-refractivity contribution in [3.05, 3.63) is 35.4 Å². The van der Waals surface area contributed by atoms with Crippen molar-refractivity contribution in [2.24, 2.45) is 5.73 Å². The highest BCUT2D eigenvalue weighted by Crippen LogP contribution is 2.20. The van der Waals surface area contributed by atoms with E-state index >= 15 is 0 Å². The Morgan fingerprint density at radius 1 is 1.35 bits per heavy atom. The van der Waals surface area contributed by atoms with Gasteiger partial charge in [-0.15, -0.1) is 0 Å². The number of carboxylic acids is 1. The fourth-order valence-electron chi connectivity index (χ4n) is 1.55. The summed E-state index contributed by atoms with van der Waals surface area (Å²) in [5, 5.41) is 26.9. The molecule has 0 radical (unpaired) electrons. The van der Waals surface area contributed by atoms with Gasteiger partial charge in [0.25, 0.3) is 0 Å². The molecule has 2 atom stereocenters. The van der Waals surface area contributed by atoms with Gasteiger partial charge < -0.3 is 21.1 Å². The van der Waals surface area contributed by atoms with E-state index in [0.717, 1.165) is 5.56 Å². The van der Waals surface area contributed by atoms with Crippen molar-refractivity contribution in [2.75, 3.05) is 6.61 Å². The minimum absolute atomic E-state index is 0.00788. The topological polar surface area (TPSA) is 104 Å². The van der Waals surface area contributed by atoms with E-state index in [0.29, 0.717) is 12.0 Å². The summed E-state index contributed by atoms with van der Waals surface area (Å²) in [6.07, 6.45) is -0.580. The van der Waals surface area contributed by atoms with Gasteiger partial charge in [-0.2, -0.15) is 0 Å². The highest BCUT2D eigenvalue weighted by atomic mass is 16.4. The van der Waals surface area contributed by atoms with Crippen LogP contribution in [0, 0.1) is 0 Å². The number of carboxylic acid groups (broad SMARTS) is 1. The maximum absolute atomic E-state index is 10.4. The Morgan fingerprint density at radius 2 is 2.00 bits per heavy atom. The molecule has 0 saturated heterocycles. The average Bonchev–Trinajstić information content (AvgIpc) is 2.35. The largest absolute Gasteiger partial charge is 0.481 e. The van der Waals surface area contributed by atoms with Gasteiger partial charge in [0.15, 0.2) is 0 Å². The lowest BCUT2D eigenvalue weighted by atomic mass is 9.99. The molecular weight excluding hydrogens is 222 g/mol. The summed E-state index contributed by atoms with van der Waals surface area (Å²) < 4.78 is 0. The highest BCUT2D eigenvalue weighted by Gasteiger charge is 2.11. The second kappa shape index (κ2) is 6.34. The molecular formula is C12H17NO4. The lowest BCUT2D eigenvalue weighted by Gasteiger charge is -2.14. The molecule has 0 amide bonds. The van der Waals surface area contributed by atoms with Crippen LogP contribution < -0.4 is 5.73 Å². The summed E-state index contributed by atoms with van der Waals surface area (Å²) in [5.41, 5.74) is 7.19. The number of benzene rings is 1. The maximum atomic E-state index is 10.4. The first-order chi connectivity index (χ1) is 8.04. The van der Waals surface area contributed by atoms with Crippen LogP contribution in [-0.4, -0.2) is 27.9 Å². The van der Waals surface area contributed by atoms with Crippen LogP contribution in [0.15, 0.2) is 24.3 Å². The van der Waals surface area contributed by atoms with Crippen molar-refractivity contribution in [3.63, 3.8) is 0 Å². The van der Waals surface area contributed by atoms with Gasteiger partial charge in [0.1, 0.15) is 6.10 Å². The first-order valence-corrected chi connectivity index (χ1v) is 5.40. The molecule has 5 heteroatoms. The third-order valence-corrected chi connectivity index (χ3v) is 2.57. The van der Waals surface area contributed by atoms with E-state index in [1.54, 1.807) is 24.3 Å². The van der Waals surface area contributed by atoms with E-state index < -0.39 is 12.1 Å². The molecule has 2 unspecified atom stereocenters. The minimum atomic E-state index is -0.929. The number of hydrogen-bond donors (Lipinski definition) is 4. The number of rotatable bonds is 6. The van der Waals surface area contributed by atoms with E-state index in [1.807, 2.05) is 0 Å². The fraction of sp³-hybridized carbons (Fsp3) is 0.417. The van der Waals surface area contributed by atoms with Gasteiger partial charge in [-0.3, -0.25) is 4.79 Å². The summed E-state index contributed by atoms with van der Waals surface area (Å²) in [6.45, 7) is -0.353. The smallest absolute Gasteiger partial charge is 0.303 e. The quantitative estimate of drug-likeness (QED) is 0.581. The van der Waals surface area contributed by atoms with E-state index in [-0.39, 0.29) is 19.1 Å². The van der Waals surface area contributed by atoms with Crippen LogP contribution in [-0.2, 0) is 4.79 Å². The number of nitrogens with two attached hydrogens (primary N) is 1. The number of hydrogen-bond acceptors (Lipinski definition) is 4. The molecule has 5 N–H and O–H groups in total. The molecule has 0 heterocycles. The third-order valence-electron chi connectivity index (χ3n) is 2.57. The van der Waals surface area contributed by atoms with Crippen LogP contribution in [0.4, 0.5) is 0 Å². The molecule has 17 heavy (non-hydrogen) atoms. The van der Waals surface area contributed by atoms with Crippen molar-refractivity contribution in [1.82, 2.24) is 0 Å². The monoisotopic (exact) mass is 239 g/mol. The zero-order valence-corrected chi connectivity index (χ0v) is 9.41. The van der Waals surface area contributed by atoms with Crippen LogP contribution in [0.2, 0.25) is 0 Å². The minimum Gasteiger partial charge on any atom is -0.481 e. The van der Waals surface area contributed by atoms with E-state index in [9.17, 15) is 9.90 Å². The Hall–Kier alpha value is -1.43. The van der Waals surface area contributed by atoms with Crippen LogP contribution in [0.5, 0.6) is 0 Å². The van der Waals surface area contributed by atoms with E-state index in [4.69, 9.17) is 15.9 Å². The van der Waals surface area contributed by atoms with E-state index in [2.05, 4.69) is 0 Å². The van der Waals surface area contributed by atoms with Gasteiger partial charge in [0.2, 0.25) is 0 Å². The van der Waals surface area contributed by atoms with Crippen LogP contribution in [0.3, 0.4) is 0 Å². The number of carbonyl (C=O) groups is 1. The average molecular weight is 239 g/mol. The number of aliphatic carboxylic acids is 1. The number of aliphatic hydroxyl groups excluding tert-OH is 2. The lowest BCUT2D eigenvalue weighted by Crippen LogP contribution is -2.13. The molecule has 1 rings (SSSR count).